The van der Waals surface area contributed by atoms with Crippen LogP contribution in [-0.4, -0.2) is 116 Å². The summed E-state index contributed by atoms with van der Waals surface area (Å²) < 4.78 is 277. The van der Waals surface area contributed by atoms with Crippen LogP contribution < -0.4 is 5.32 Å². The predicted octanol–water partition coefficient (Wildman–Crippen LogP) is 5.43. The summed E-state index contributed by atoms with van der Waals surface area (Å²) in [6.45, 7) is -6.92. The van der Waals surface area contributed by atoms with Crippen LogP contribution in [0.25, 0.3) is 0 Å². The number of rotatable bonds is 18. The van der Waals surface area contributed by atoms with E-state index in [1.54, 1.807) is 0 Å². The summed E-state index contributed by atoms with van der Waals surface area (Å²) in [4.78, 5) is 11.7. The Labute approximate surface area is 250 Å². The molecule has 28 heteroatoms. The summed E-state index contributed by atoms with van der Waals surface area (Å²) in [5, 5.41) is 10.8. The molecule has 1 atom stereocenters. The zero-order valence-corrected chi connectivity index (χ0v) is 23.4. The number of alkyl carbamates (subject to hydrolysis) is 1. The Kier molecular flexibility index (Phi) is 13.7. The number of ether oxygens (including phenoxy) is 3. The highest BCUT2D eigenvalue weighted by molar-refractivity contribution is 7.85. The van der Waals surface area contributed by atoms with Gasteiger partial charge in [0.15, 0.2) is 5.79 Å². The molecule has 0 aliphatic rings. The lowest BCUT2D eigenvalue weighted by Gasteiger charge is -2.36. The second kappa shape index (κ2) is 14.3. The van der Waals surface area contributed by atoms with Crippen molar-refractivity contribution >= 4 is 16.2 Å². The van der Waals surface area contributed by atoms with E-state index in [1.165, 1.54) is 5.32 Å². The standard InChI is InChI=1S/C19H21F18NO8S/c1-11(8-44-10(40)38-6-9(39)7-47(41,42)43,45-4-2-12(20,21)14(24,25)16(28,29)18(32,33)34)46-5-3-13(22,23)15(26,27)17(30,31)19(35,36)37/h9,39H,2-8H2,1H3,(H,38,40)(H,41,42,43). The zero-order chi connectivity index (χ0) is 37.9. The minimum atomic E-state index is -7.38. The van der Waals surface area contributed by atoms with Gasteiger partial charge in [-0.1, -0.05) is 0 Å². The number of carbonyl (C=O) groups excluding carboxylic acids is 1. The molecule has 0 aliphatic carbocycles. The van der Waals surface area contributed by atoms with Gasteiger partial charge in [0, 0.05) is 19.4 Å². The molecule has 3 N–H and O–H groups in total. The third kappa shape index (κ3) is 10.9. The molecule has 0 aromatic heterocycles. The van der Waals surface area contributed by atoms with Crippen LogP contribution in [0.3, 0.4) is 0 Å². The van der Waals surface area contributed by atoms with E-state index in [9.17, 15) is 97.3 Å². The van der Waals surface area contributed by atoms with Crippen LogP contribution >= 0.6 is 0 Å². The number of halogens is 18. The molecule has 1 unspecified atom stereocenters. The first-order chi connectivity index (χ1) is 20.4. The summed E-state index contributed by atoms with van der Waals surface area (Å²) in [5.74, 6) is -46.4. The molecule has 0 saturated heterocycles. The Bertz CT molecular complexity index is 1100. The number of hydrogen-bond donors (Lipinski definition) is 3. The summed E-state index contributed by atoms with van der Waals surface area (Å²) in [7, 11) is -4.84. The van der Waals surface area contributed by atoms with E-state index in [1.807, 2.05) is 0 Å². The largest absolute Gasteiger partial charge is 0.460 e. The monoisotopic (exact) mass is 765 g/mol. The number of carbonyl (C=O) groups is 1. The van der Waals surface area contributed by atoms with Crippen molar-refractivity contribution in [1.29, 1.82) is 0 Å². The number of alkyl halides is 18. The Morgan fingerprint density at radius 2 is 1.02 bits per heavy atom. The van der Waals surface area contributed by atoms with Crippen LogP contribution in [0, 0.1) is 0 Å². The molecular formula is C19H21F18NO8S. The number of amides is 1. The predicted molar refractivity (Wildman–Crippen MR) is 113 cm³/mol. The van der Waals surface area contributed by atoms with Crippen LogP contribution in [0.4, 0.5) is 83.8 Å². The van der Waals surface area contributed by atoms with E-state index in [2.05, 4.69) is 14.2 Å². The van der Waals surface area contributed by atoms with Crippen LogP contribution in [-0.2, 0) is 24.3 Å². The second-order valence-corrected chi connectivity index (χ2v) is 10.9. The van der Waals surface area contributed by atoms with Gasteiger partial charge in [-0.15, -0.1) is 0 Å². The maximum absolute atomic E-state index is 13.8. The van der Waals surface area contributed by atoms with Crippen LogP contribution in [0.5, 0.6) is 0 Å². The van der Waals surface area contributed by atoms with Crippen LogP contribution in [0.1, 0.15) is 19.8 Å². The number of nitrogens with one attached hydrogen (secondary N) is 1. The van der Waals surface area contributed by atoms with Crippen molar-refractivity contribution in [3.05, 3.63) is 0 Å². The van der Waals surface area contributed by atoms with Gasteiger partial charge in [-0.2, -0.15) is 87.4 Å². The average Bonchev–Trinajstić information content (AvgIpc) is 2.83. The van der Waals surface area contributed by atoms with Crippen LogP contribution in [0.2, 0.25) is 0 Å². The van der Waals surface area contributed by atoms with Crippen molar-refractivity contribution < 1.29 is 116 Å². The van der Waals surface area contributed by atoms with E-state index in [0.717, 1.165) is 0 Å². The minimum Gasteiger partial charge on any atom is -0.444 e. The van der Waals surface area contributed by atoms with Gasteiger partial charge in [0.25, 0.3) is 10.1 Å². The van der Waals surface area contributed by atoms with Crippen molar-refractivity contribution in [3.8, 4) is 0 Å². The van der Waals surface area contributed by atoms with Gasteiger partial charge >= 0.3 is 54.0 Å². The quantitative estimate of drug-likeness (QED) is 0.0958. The lowest BCUT2D eigenvalue weighted by atomic mass is 10.0. The Hall–Kier alpha value is -2.20. The highest BCUT2D eigenvalue weighted by Gasteiger charge is 2.82. The molecule has 0 aromatic rings. The first-order valence-corrected chi connectivity index (χ1v) is 13.2. The molecule has 0 aromatic carbocycles. The van der Waals surface area contributed by atoms with Gasteiger partial charge in [-0.05, 0) is 6.92 Å². The van der Waals surface area contributed by atoms with E-state index in [4.69, 9.17) is 4.55 Å². The van der Waals surface area contributed by atoms with Gasteiger partial charge < -0.3 is 24.6 Å². The first-order valence-electron chi connectivity index (χ1n) is 11.6. The van der Waals surface area contributed by atoms with Crippen LogP contribution in [0.15, 0.2) is 0 Å². The molecule has 0 radical (unpaired) electrons. The summed E-state index contributed by atoms with van der Waals surface area (Å²) in [6.07, 6.45) is -24.0. The molecule has 47 heavy (non-hydrogen) atoms. The van der Waals surface area contributed by atoms with Crippen molar-refractivity contribution in [2.45, 2.75) is 79.5 Å². The molecule has 0 fully saturated rings. The zero-order valence-electron chi connectivity index (χ0n) is 22.6. The van der Waals surface area contributed by atoms with E-state index in [-0.39, 0.29) is 6.92 Å². The lowest BCUT2D eigenvalue weighted by Crippen LogP contribution is -2.61. The molecule has 1 amide bonds. The Morgan fingerprint density at radius 1 is 0.681 bits per heavy atom. The van der Waals surface area contributed by atoms with Gasteiger partial charge in [0.05, 0.1) is 19.3 Å². The molecule has 0 rings (SSSR count). The normalized spacial score (nSPS) is 15.9. The Balaban J connectivity index is 5.95. The average molecular weight is 765 g/mol. The lowest BCUT2D eigenvalue weighted by molar-refractivity contribution is -0.399. The van der Waals surface area contributed by atoms with Crippen molar-refractivity contribution in [3.63, 3.8) is 0 Å². The summed E-state index contributed by atoms with van der Waals surface area (Å²) >= 11 is 0. The third-order valence-corrected chi connectivity index (χ3v) is 6.22. The fraction of sp³-hybridized carbons (Fsp3) is 0.947. The van der Waals surface area contributed by atoms with E-state index < -0.39 is 121 Å². The second-order valence-electron chi connectivity index (χ2n) is 9.39. The molecule has 0 heterocycles. The number of hydrogen-bond acceptors (Lipinski definition) is 7. The van der Waals surface area contributed by atoms with Gasteiger partial charge in [-0.25, -0.2) is 4.79 Å². The molecule has 0 spiro atoms. The smallest absolute Gasteiger partial charge is 0.444 e. The molecule has 0 aliphatic heterocycles. The van der Waals surface area contributed by atoms with Crippen molar-refractivity contribution in [2.24, 2.45) is 0 Å². The molecule has 9 nitrogen and oxygen atoms in total. The maximum Gasteiger partial charge on any atom is 0.460 e. The van der Waals surface area contributed by atoms with Crippen molar-refractivity contribution in [2.75, 3.05) is 32.1 Å². The first kappa shape index (κ1) is 44.8. The Morgan fingerprint density at radius 3 is 1.32 bits per heavy atom. The highest BCUT2D eigenvalue weighted by atomic mass is 32.2. The fourth-order valence-electron chi connectivity index (χ4n) is 2.80. The third-order valence-electron chi connectivity index (χ3n) is 5.42. The molecule has 0 saturated carbocycles. The van der Waals surface area contributed by atoms with Gasteiger partial charge in [-0.3, -0.25) is 4.55 Å². The summed E-state index contributed by atoms with van der Waals surface area (Å²) in [6, 6.07) is 0. The van der Waals surface area contributed by atoms with E-state index >= 15 is 0 Å². The van der Waals surface area contributed by atoms with Crippen molar-refractivity contribution in [1.82, 2.24) is 5.32 Å². The highest BCUT2D eigenvalue weighted by Crippen LogP contribution is 2.55. The summed E-state index contributed by atoms with van der Waals surface area (Å²) in [5.41, 5.74) is 0. The fourth-order valence-corrected chi connectivity index (χ4v) is 3.40. The molecule has 282 valence electrons. The molecular weight excluding hydrogens is 744 g/mol. The maximum atomic E-state index is 13.8. The topological polar surface area (TPSA) is 131 Å². The minimum absolute atomic E-state index is 0.245. The molecule has 0 bridgehead atoms. The number of aliphatic hydroxyl groups is 1. The SMILES string of the molecule is CC(COC(=O)NCC(O)CS(=O)(=O)O)(OCCC(F)(F)C(F)(F)C(F)(F)C(F)(F)F)OCCC(F)(F)C(F)(F)C(F)(F)C(F)(F)F. The van der Waals surface area contributed by atoms with Gasteiger partial charge in [0.1, 0.15) is 12.4 Å². The van der Waals surface area contributed by atoms with Gasteiger partial charge in [0.2, 0.25) is 0 Å². The van der Waals surface area contributed by atoms with E-state index in [0.29, 0.717) is 0 Å². The number of aliphatic hydroxyl groups excluding tert-OH is 1.